The second-order valence-electron chi connectivity index (χ2n) is 23.5. The number of fused-ring (bicyclic) bond motifs is 4. The van der Waals surface area contributed by atoms with Gasteiger partial charge in [0.1, 0.15) is 46.4 Å². The molecule has 4 aliphatic rings. The van der Waals surface area contributed by atoms with Gasteiger partial charge in [-0.05, 0) is 106 Å². The Morgan fingerprint density at radius 3 is 2.29 bits per heavy atom. The Labute approximate surface area is 489 Å². The molecule has 21 heteroatoms. The van der Waals surface area contributed by atoms with Gasteiger partial charge in [0.25, 0.3) is 5.91 Å². The minimum Gasteiger partial charge on any atom is -0.490 e. The smallest absolute Gasteiger partial charge is 0.308 e. The van der Waals surface area contributed by atoms with Crippen LogP contribution in [0.4, 0.5) is 5.69 Å². The third kappa shape index (κ3) is 11.7. The molecule has 3 aromatic carbocycles. The number of carbonyl (C=O) groups excluding carboxylic acids is 5. The van der Waals surface area contributed by atoms with E-state index >= 15 is 0 Å². The first kappa shape index (κ1) is 57.1. The van der Waals surface area contributed by atoms with E-state index in [1.54, 1.807) is 40.9 Å². The summed E-state index contributed by atoms with van der Waals surface area (Å²) in [5, 5.41) is 30.5. The summed E-state index contributed by atoms with van der Waals surface area (Å²) in [6.45, 7) is 16.9. The molecule has 0 spiro atoms. The Balaban J connectivity index is 0.656. The molecule has 83 heavy (non-hydrogen) atoms. The molecule has 11 rings (SSSR count). The number of ether oxygens (including phenoxy) is 2. The molecule has 5 atom stereocenters. The molecule has 4 N–H and O–H groups in total. The fourth-order valence-electron chi connectivity index (χ4n) is 11.7. The summed E-state index contributed by atoms with van der Waals surface area (Å²) < 4.78 is 19.4. The average Bonchev–Trinajstić information content (AvgIpc) is 2.23. The number of thiazole rings is 1. The van der Waals surface area contributed by atoms with E-state index in [1.807, 2.05) is 82.0 Å². The Morgan fingerprint density at radius 1 is 0.880 bits per heavy atom. The van der Waals surface area contributed by atoms with Crippen molar-refractivity contribution in [3.05, 3.63) is 129 Å². The lowest BCUT2D eigenvalue weighted by molar-refractivity contribution is -0.142. The number of rotatable bonds is 15. The first-order valence-electron chi connectivity index (χ1n) is 28.3. The fourth-order valence-corrected chi connectivity index (χ4v) is 13.7. The third-order valence-corrected chi connectivity index (χ3v) is 18.9. The molecule has 0 bridgehead atoms. The summed E-state index contributed by atoms with van der Waals surface area (Å²) in [7, 11) is 1.38. The number of methoxy groups -OCH3 is 1. The Bertz CT molecular complexity index is 3640. The van der Waals surface area contributed by atoms with Gasteiger partial charge in [-0.2, -0.15) is 0 Å². The number of likely N-dealkylation sites (tertiary alicyclic amines) is 1. The van der Waals surface area contributed by atoms with E-state index < -0.39 is 47.4 Å². The molecule has 0 radical (unpaired) electrons. The summed E-state index contributed by atoms with van der Waals surface area (Å²) in [5.74, 6) is 0.0789. The maximum atomic E-state index is 14.4. The lowest BCUT2D eigenvalue weighted by Gasteiger charge is -2.38. The van der Waals surface area contributed by atoms with E-state index in [0.29, 0.717) is 35.4 Å². The van der Waals surface area contributed by atoms with Crippen molar-refractivity contribution < 1.29 is 43.0 Å². The van der Waals surface area contributed by atoms with Gasteiger partial charge in [0.15, 0.2) is 11.6 Å². The summed E-state index contributed by atoms with van der Waals surface area (Å²) in [6.07, 6.45) is 1.85. The van der Waals surface area contributed by atoms with Gasteiger partial charge in [0, 0.05) is 77.9 Å². The molecule has 3 aliphatic heterocycles. The number of carbonyl (C=O) groups is 5. The molecular weight excluding hydrogens is 1090 g/mol. The maximum Gasteiger partial charge on any atom is 0.308 e. The number of furan rings is 1. The van der Waals surface area contributed by atoms with Crippen molar-refractivity contribution in [2.45, 2.75) is 136 Å². The van der Waals surface area contributed by atoms with Crippen LogP contribution in [0, 0.1) is 39.0 Å². The van der Waals surface area contributed by atoms with E-state index in [9.17, 15) is 29.1 Å². The number of piperidine rings is 1. The van der Waals surface area contributed by atoms with Crippen molar-refractivity contribution >= 4 is 74.6 Å². The first-order valence-corrected chi connectivity index (χ1v) is 30.0. The number of hydrogen-bond donors (Lipinski definition) is 4. The predicted octanol–water partition coefficient (Wildman–Crippen LogP) is 8.81. The van der Waals surface area contributed by atoms with E-state index in [2.05, 4.69) is 74.1 Å². The van der Waals surface area contributed by atoms with E-state index in [4.69, 9.17) is 18.9 Å². The van der Waals surface area contributed by atoms with Crippen molar-refractivity contribution in [3.63, 3.8) is 0 Å². The molecule has 7 heterocycles. The zero-order valence-electron chi connectivity index (χ0n) is 48.1. The van der Waals surface area contributed by atoms with Crippen molar-refractivity contribution in [3.8, 4) is 21.2 Å². The van der Waals surface area contributed by atoms with Crippen molar-refractivity contribution in [2.24, 2.45) is 16.3 Å². The number of nitrogens with zero attached hydrogens (tertiary/aromatic N) is 7. The normalized spacial score (nSPS) is 20.6. The summed E-state index contributed by atoms with van der Waals surface area (Å²) in [4.78, 5) is 83.8. The number of aryl methyl sites for hydroxylation is 3. The van der Waals surface area contributed by atoms with Gasteiger partial charge in [-0.15, -0.1) is 32.9 Å². The monoisotopic (exact) mass is 1160 g/mol. The number of aliphatic hydroxyl groups excluding tert-OH is 1. The van der Waals surface area contributed by atoms with Gasteiger partial charge in [-0.25, -0.2) is 4.98 Å². The minimum absolute atomic E-state index is 0.000850. The number of thiophene rings is 1. The van der Waals surface area contributed by atoms with Gasteiger partial charge >= 0.3 is 5.97 Å². The summed E-state index contributed by atoms with van der Waals surface area (Å²) in [5.41, 5.74) is 9.32. The Kier molecular flexibility index (Phi) is 15.9. The lowest BCUT2D eigenvalue weighted by atomic mass is 9.85. The van der Waals surface area contributed by atoms with Crippen LogP contribution in [0.15, 0.2) is 87.7 Å². The summed E-state index contributed by atoms with van der Waals surface area (Å²) in [6, 6.07) is 20.3. The number of amides is 4. The highest BCUT2D eigenvalue weighted by molar-refractivity contribution is 7.15. The van der Waals surface area contributed by atoms with Crippen LogP contribution in [0.5, 0.6) is 5.75 Å². The molecule has 3 fully saturated rings. The quantitative estimate of drug-likeness (QED) is 0.0704. The molecule has 1 aliphatic carbocycles. The molecule has 4 amide bonds. The molecular formula is C62H70N10O9S2. The number of hydrogen-bond acceptors (Lipinski definition) is 16. The number of aliphatic hydroxyl groups is 1. The number of nitrogens with one attached hydrogen (secondary N) is 3. The second kappa shape index (κ2) is 23.1. The number of benzene rings is 3. The van der Waals surface area contributed by atoms with Crippen LogP contribution in [0.25, 0.3) is 26.4 Å². The van der Waals surface area contributed by atoms with Gasteiger partial charge < -0.3 is 44.7 Å². The molecule has 7 aromatic rings. The van der Waals surface area contributed by atoms with Gasteiger partial charge in [-0.1, -0.05) is 57.2 Å². The number of esters is 1. The molecule has 4 aromatic heterocycles. The van der Waals surface area contributed by atoms with Crippen LogP contribution >= 0.6 is 22.7 Å². The Hall–Kier alpha value is -7.75. The maximum absolute atomic E-state index is 14.4. The SMILES string of the molecule is COC(=O)C[C@@H]1N=C(c2ccc(N3CCC(C(=O)N[C@H]4C[C@H](Oc5ccc6oc(C(=O)N[C@H](C(=O)N7C[C@H](O)C[C@H]7C(=O)N[C@@H](C)c7ccc(-c8scnc8C)cc7)C(C)(C)C)cc6c5)C4)CC3)cc2)c2c(sc(C)c2C)-n2c(C)nnc21. The highest BCUT2D eigenvalue weighted by Gasteiger charge is 2.45. The van der Waals surface area contributed by atoms with E-state index in [-0.39, 0.29) is 61.1 Å². The highest BCUT2D eigenvalue weighted by Crippen LogP contribution is 2.41. The van der Waals surface area contributed by atoms with Crippen LogP contribution < -0.4 is 25.6 Å². The van der Waals surface area contributed by atoms with Gasteiger partial charge in [0.2, 0.25) is 17.7 Å². The molecule has 19 nitrogen and oxygen atoms in total. The Morgan fingerprint density at radius 2 is 1.60 bits per heavy atom. The number of β-amino-alcohol motifs (C(OH)–C–C–N with tert-alkyl or cyclic N) is 1. The average molecular weight is 1160 g/mol. The minimum atomic E-state index is -1.06. The van der Waals surface area contributed by atoms with Crippen molar-refractivity contribution in [1.29, 1.82) is 0 Å². The van der Waals surface area contributed by atoms with Gasteiger partial charge in [-0.3, -0.25) is 33.5 Å². The first-order chi connectivity index (χ1) is 39.7. The van der Waals surface area contributed by atoms with E-state index in [1.165, 1.54) is 16.9 Å². The van der Waals surface area contributed by atoms with Crippen LogP contribution in [-0.4, -0.2) is 122 Å². The van der Waals surface area contributed by atoms with Crippen LogP contribution in [0.1, 0.15) is 133 Å². The number of anilines is 1. The predicted molar refractivity (Wildman–Crippen MR) is 317 cm³/mol. The van der Waals surface area contributed by atoms with Crippen LogP contribution in [0.2, 0.25) is 0 Å². The molecule has 434 valence electrons. The zero-order valence-corrected chi connectivity index (χ0v) is 49.8. The van der Waals surface area contributed by atoms with Gasteiger partial charge in [0.05, 0.1) is 47.5 Å². The standard InChI is InChI=1S/C62H70N10O9S2/c1-32-35(4)83-61-52(32)53(66-47(29-51(74)79-9)56-69-68-36(5)72(56)61)38-14-16-43(17-15-38)70-22-20-40(21-23-70)57(75)65-42-26-46(27-42)80-45-18-19-49-41(24-45)25-50(81-49)59(77)67-55(62(6,7)8)60(78)71-30-44(73)28-48(71)58(76)64-33(2)37-10-12-39(13-11-37)54-34(3)63-31-82-54/h10-19,24-25,31,33,40,42,44,46-48,55,73H,20-23,26-30H2,1-9H3,(H,64,76)(H,65,75)(H,67,77)/t33-,42-,44+,46-,47-,48-,55+/m0/s1. The van der Waals surface area contributed by atoms with Crippen LogP contribution in [0.3, 0.4) is 0 Å². The molecule has 1 saturated carbocycles. The third-order valence-electron chi connectivity index (χ3n) is 16.7. The number of aliphatic imine (C=N–C) groups is 1. The van der Waals surface area contributed by atoms with Crippen molar-refractivity contribution in [2.75, 3.05) is 31.6 Å². The molecule has 2 saturated heterocycles. The van der Waals surface area contributed by atoms with Crippen LogP contribution in [-0.2, 0) is 23.9 Å². The molecule has 0 unspecified atom stereocenters. The topological polar surface area (TPSA) is 236 Å². The zero-order chi connectivity index (χ0) is 58.6. The van der Waals surface area contributed by atoms with Crippen molar-refractivity contribution in [1.82, 2.24) is 40.6 Å². The fraction of sp³-hybridized carbons (Fsp3) is 0.435. The highest BCUT2D eigenvalue weighted by atomic mass is 32.1. The largest absolute Gasteiger partial charge is 0.490 e. The number of aromatic nitrogens is 4. The van der Waals surface area contributed by atoms with E-state index in [0.717, 1.165) is 86.5 Å². The second-order valence-corrected chi connectivity index (χ2v) is 25.6. The lowest BCUT2D eigenvalue weighted by Crippen LogP contribution is -2.57. The summed E-state index contributed by atoms with van der Waals surface area (Å²) >= 11 is 3.24.